The number of ether oxygens (including phenoxy) is 1. The molecule has 6 nitrogen and oxygen atoms in total. The number of methoxy groups -OCH3 is 1. The summed E-state index contributed by atoms with van der Waals surface area (Å²) in [5.74, 6) is 0.546. The Balaban J connectivity index is 1.85. The highest BCUT2D eigenvalue weighted by Gasteiger charge is 2.07. The molecular formula is C19H19N3O3. The molecular weight excluding hydrogens is 318 g/mol. The van der Waals surface area contributed by atoms with Gasteiger partial charge in [-0.05, 0) is 35.7 Å². The van der Waals surface area contributed by atoms with Gasteiger partial charge >= 0.3 is 0 Å². The maximum absolute atomic E-state index is 12.3. The van der Waals surface area contributed by atoms with Crippen molar-refractivity contribution in [3.63, 3.8) is 0 Å². The molecule has 0 unspecified atom stereocenters. The van der Waals surface area contributed by atoms with Crippen LogP contribution in [-0.4, -0.2) is 18.0 Å². The number of benzene rings is 2. The van der Waals surface area contributed by atoms with Gasteiger partial charge in [0.2, 0.25) is 5.91 Å². The van der Waals surface area contributed by atoms with Gasteiger partial charge in [0.05, 0.1) is 24.0 Å². The second-order valence-electron chi connectivity index (χ2n) is 5.66. The zero-order valence-electron chi connectivity index (χ0n) is 14.1. The number of aromatic amines is 1. The van der Waals surface area contributed by atoms with Crippen molar-refractivity contribution in [2.45, 2.75) is 13.5 Å². The van der Waals surface area contributed by atoms with Crippen molar-refractivity contribution in [3.05, 3.63) is 64.4 Å². The van der Waals surface area contributed by atoms with Crippen LogP contribution in [-0.2, 0) is 11.3 Å². The zero-order valence-corrected chi connectivity index (χ0v) is 14.1. The molecule has 25 heavy (non-hydrogen) atoms. The molecule has 0 atom stereocenters. The number of hydrogen-bond donors (Lipinski definition) is 3. The molecule has 0 aliphatic carbocycles. The normalized spacial score (nSPS) is 10.5. The van der Waals surface area contributed by atoms with Crippen LogP contribution >= 0.6 is 0 Å². The van der Waals surface area contributed by atoms with Crippen LogP contribution < -0.4 is 20.9 Å². The van der Waals surface area contributed by atoms with Crippen LogP contribution in [0.5, 0.6) is 5.75 Å². The molecule has 0 bridgehead atoms. The second kappa shape index (κ2) is 7.09. The Labute approximate surface area is 144 Å². The summed E-state index contributed by atoms with van der Waals surface area (Å²) in [4.78, 5) is 26.5. The summed E-state index contributed by atoms with van der Waals surface area (Å²) in [5.41, 5.74) is 2.61. The van der Waals surface area contributed by atoms with Gasteiger partial charge in [0, 0.05) is 25.1 Å². The van der Waals surface area contributed by atoms with E-state index in [4.69, 9.17) is 4.74 Å². The van der Waals surface area contributed by atoms with E-state index < -0.39 is 0 Å². The first-order chi connectivity index (χ1) is 12.1. The lowest BCUT2D eigenvalue weighted by Gasteiger charge is -2.12. The zero-order chi connectivity index (χ0) is 17.8. The fourth-order valence-corrected chi connectivity index (χ4v) is 2.61. The van der Waals surface area contributed by atoms with Crippen molar-refractivity contribution in [2.24, 2.45) is 0 Å². The molecule has 6 heteroatoms. The van der Waals surface area contributed by atoms with E-state index in [1.165, 1.54) is 6.92 Å². The minimum absolute atomic E-state index is 0.147. The van der Waals surface area contributed by atoms with E-state index in [1.807, 2.05) is 36.4 Å². The number of anilines is 2. The van der Waals surface area contributed by atoms with Crippen LogP contribution in [0.25, 0.3) is 10.9 Å². The van der Waals surface area contributed by atoms with Crippen molar-refractivity contribution in [1.82, 2.24) is 4.98 Å². The molecule has 1 heterocycles. The predicted molar refractivity (Wildman–Crippen MR) is 99.2 cm³/mol. The number of rotatable bonds is 5. The quantitative estimate of drug-likeness (QED) is 0.668. The number of carbonyl (C=O) groups is 1. The maximum Gasteiger partial charge on any atom is 0.253 e. The third-order valence-corrected chi connectivity index (χ3v) is 3.84. The molecule has 0 saturated heterocycles. The number of amides is 1. The minimum atomic E-state index is -0.162. The molecule has 3 rings (SSSR count). The Morgan fingerprint density at radius 2 is 1.88 bits per heavy atom. The van der Waals surface area contributed by atoms with Crippen molar-refractivity contribution in [3.8, 4) is 5.75 Å². The number of pyridine rings is 1. The first-order valence-electron chi connectivity index (χ1n) is 7.87. The molecule has 0 radical (unpaired) electrons. The number of para-hydroxylation sites is 2. The Bertz CT molecular complexity index is 979. The summed E-state index contributed by atoms with van der Waals surface area (Å²) in [6.07, 6.45) is 0. The van der Waals surface area contributed by atoms with Gasteiger partial charge < -0.3 is 20.4 Å². The SMILES string of the molecule is COc1ccc2cc(CNc3ccccc3NC(C)=O)c(=O)[nH]c2c1. The predicted octanol–water partition coefficient (Wildman–Crippen LogP) is 3.11. The largest absolute Gasteiger partial charge is 0.497 e. The summed E-state index contributed by atoms with van der Waals surface area (Å²) >= 11 is 0. The molecule has 0 aliphatic heterocycles. The van der Waals surface area contributed by atoms with Gasteiger partial charge in [0.15, 0.2) is 0 Å². The van der Waals surface area contributed by atoms with Gasteiger partial charge in [-0.2, -0.15) is 0 Å². The third kappa shape index (κ3) is 3.80. The fraction of sp³-hybridized carbons (Fsp3) is 0.158. The monoisotopic (exact) mass is 337 g/mol. The van der Waals surface area contributed by atoms with E-state index in [1.54, 1.807) is 19.2 Å². The standard InChI is InChI=1S/C19H19N3O3/c1-12(23)21-17-6-4-3-5-16(17)20-11-14-9-13-7-8-15(25-2)10-18(13)22-19(14)24/h3-10,20H,11H2,1-2H3,(H,21,23)(H,22,24). The van der Waals surface area contributed by atoms with Gasteiger partial charge in [0.25, 0.3) is 5.56 Å². The van der Waals surface area contributed by atoms with E-state index in [0.29, 0.717) is 23.5 Å². The van der Waals surface area contributed by atoms with Gasteiger partial charge in [-0.15, -0.1) is 0 Å². The third-order valence-electron chi connectivity index (χ3n) is 3.84. The van der Waals surface area contributed by atoms with Gasteiger partial charge in [-0.25, -0.2) is 0 Å². The highest BCUT2D eigenvalue weighted by Crippen LogP contribution is 2.22. The van der Waals surface area contributed by atoms with Crippen molar-refractivity contribution < 1.29 is 9.53 Å². The first-order valence-corrected chi connectivity index (χ1v) is 7.87. The maximum atomic E-state index is 12.3. The molecule has 3 N–H and O–H groups in total. The molecule has 1 amide bonds. The molecule has 0 fully saturated rings. The molecule has 1 aromatic heterocycles. The molecule has 128 valence electrons. The van der Waals surface area contributed by atoms with Crippen molar-refractivity contribution in [2.75, 3.05) is 17.7 Å². The Kier molecular flexibility index (Phi) is 4.70. The summed E-state index contributed by atoms with van der Waals surface area (Å²) in [6, 6.07) is 14.8. The van der Waals surface area contributed by atoms with E-state index >= 15 is 0 Å². The summed E-state index contributed by atoms with van der Waals surface area (Å²) in [6.45, 7) is 1.80. The lowest BCUT2D eigenvalue weighted by atomic mass is 10.1. The van der Waals surface area contributed by atoms with E-state index in [2.05, 4.69) is 15.6 Å². The van der Waals surface area contributed by atoms with Crippen LogP contribution in [0.2, 0.25) is 0 Å². The number of fused-ring (bicyclic) bond motifs is 1. The van der Waals surface area contributed by atoms with Crippen LogP contribution in [0.4, 0.5) is 11.4 Å². The highest BCUT2D eigenvalue weighted by atomic mass is 16.5. The lowest BCUT2D eigenvalue weighted by Crippen LogP contribution is -2.16. The number of nitrogens with one attached hydrogen (secondary N) is 3. The van der Waals surface area contributed by atoms with Gasteiger partial charge in [-0.3, -0.25) is 9.59 Å². The van der Waals surface area contributed by atoms with Crippen molar-refractivity contribution >= 4 is 28.2 Å². The molecule has 0 saturated carbocycles. The smallest absolute Gasteiger partial charge is 0.253 e. The second-order valence-corrected chi connectivity index (χ2v) is 5.66. The Morgan fingerprint density at radius 1 is 1.12 bits per heavy atom. The lowest BCUT2D eigenvalue weighted by molar-refractivity contribution is -0.114. The van der Waals surface area contributed by atoms with Crippen LogP contribution in [0.15, 0.2) is 53.3 Å². The topological polar surface area (TPSA) is 83.2 Å². The van der Waals surface area contributed by atoms with E-state index in [9.17, 15) is 9.59 Å². The van der Waals surface area contributed by atoms with Crippen LogP contribution in [0.1, 0.15) is 12.5 Å². The number of hydrogen-bond acceptors (Lipinski definition) is 4. The molecule has 3 aromatic rings. The molecule has 0 spiro atoms. The number of aromatic nitrogens is 1. The number of carbonyl (C=O) groups excluding carboxylic acids is 1. The average Bonchev–Trinajstić information content (AvgIpc) is 2.60. The average molecular weight is 337 g/mol. The Morgan fingerprint density at radius 3 is 2.60 bits per heavy atom. The highest BCUT2D eigenvalue weighted by molar-refractivity contribution is 5.92. The van der Waals surface area contributed by atoms with E-state index in [-0.39, 0.29) is 11.5 Å². The summed E-state index contributed by atoms with van der Waals surface area (Å²) in [5, 5.41) is 6.89. The minimum Gasteiger partial charge on any atom is -0.497 e. The van der Waals surface area contributed by atoms with Gasteiger partial charge in [0.1, 0.15) is 5.75 Å². The summed E-state index contributed by atoms with van der Waals surface area (Å²) < 4.78 is 5.17. The Hall–Kier alpha value is -3.28. The van der Waals surface area contributed by atoms with Crippen molar-refractivity contribution in [1.29, 1.82) is 0 Å². The number of H-pyrrole nitrogens is 1. The summed E-state index contributed by atoms with van der Waals surface area (Å²) in [7, 11) is 1.59. The van der Waals surface area contributed by atoms with E-state index in [0.717, 1.165) is 16.6 Å². The van der Waals surface area contributed by atoms with Crippen LogP contribution in [0.3, 0.4) is 0 Å². The van der Waals surface area contributed by atoms with Gasteiger partial charge in [-0.1, -0.05) is 12.1 Å². The molecule has 0 aliphatic rings. The first kappa shape index (κ1) is 16.6. The van der Waals surface area contributed by atoms with Crippen LogP contribution in [0, 0.1) is 0 Å². The fourth-order valence-electron chi connectivity index (χ4n) is 2.61. The molecule has 2 aromatic carbocycles.